The van der Waals surface area contributed by atoms with Crippen molar-refractivity contribution in [3.63, 3.8) is 0 Å². The van der Waals surface area contributed by atoms with Crippen LogP contribution in [0.15, 0.2) is 46.9 Å². The van der Waals surface area contributed by atoms with Gasteiger partial charge in [0, 0.05) is 23.0 Å². The summed E-state index contributed by atoms with van der Waals surface area (Å²) < 4.78 is 5.82. The smallest absolute Gasteiger partial charge is 0.135 e. The topological polar surface area (TPSA) is 25.2 Å². The lowest BCUT2D eigenvalue weighted by Gasteiger charge is -2.08. The van der Waals surface area contributed by atoms with Crippen molar-refractivity contribution < 1.29 is 4.42 Å². The highest BCUT2D eigenvalue weighted by molar-refractivity contribution is 6.05. The molecule has 0 saturated carbocycles. The van der Waals surface area contributed by atoms with Crippen LogP contribution in [0, 0.1) is 5.92 Å². The summed E-state index contributed by atoms with van der Waals surface area (Å²) in [5, 5.41) is 5.85. The van der Waals surface area contributed by atoms with Gasteiger partial charge in [-0.2, -0.15) is 0 Å². The predicted octanol–water partition coefficient (Wildman–Crippen LogP) is 5.04. The van der Waals surface area contributed by atoms with Crippen molar-refractivity contribution in [2.75, 3.05) is 11.9 Å². The molecule has 0 atom stereocenters. The molecule has 0 aliphatic carbocycles. The number of anilines is 1. The van der Waals surface area contributed by atoms with E-state index in [0.717, 1.165) is 23.6 Å². The molecule has 0 aliphatic heterocycles. The third kappa shape index (κ3) is 2.43. The summed E-state index contributed by atoms with van der Waals surface area (Å²) in [5.74, 6) is 0.728. The summed E-state index contributed by atoms with van der Waals surface area (Å²) in [7, 11) is 0. The second-order valence-electron chi connectivity index (χ2n) is 5.42. The Hall–Kier alpha value is -1.96. The van der Waals surface area contributed by atoms with Crippen molar-refractivity contribution in [2.45, 2.75) is 20.3 Å². The summed E-state index contributed by atoms with van der Waals surface area (Å²) in [4.78, 5) is 0. The minimum atomic E-state index is 0.728. The van der Waals surface area contributed by atoms with Crippen molar-refractivity contribution in [1.82, 2.24) is 0 Å². The maximum absolute atomic E-state index is 5.82. The zero-order chi connectivity index (χ0) is 13.2. The van der Waals surface area contributed by atoms with Crippen LogP contribution in [-0.4, -0.2) is 6.54 Å². The molecule has 0 radical (unpaired) electrons. The fraction of sp³-hybridized carbons (Fsp3) is 0.294. The van der Waals surface area contributed by atoms with Crippen LogP contribution in [-0.2, 0) is 0 Å². The zero-order valence-corrected chi connectivity index (χ0v) is 11.4. The Morgan fingerprint density at radius 3 is 2.63 bits per heavy atom. The van der Waals surface area contributed by atoms with E-state index in [2.05, 4.69) is 43.4 Å². The minimum absolute atomic E-state index is 0.728. The molecule has 1 heterocycles. The molecule has 0 unspecified atom stereocenters. The first-order chi connectivity index (χ1) is 9.24. The molecule has 19 heavy (non-hydrogen) atoms. The highest BCUT2D eigenvalue weighted by Crippen LogP contribution is 2.30. The average molecular weight is 253 g/mol. The molecule has 3 aromatic rings. The molecule has 0 bridgehead atoms. The van der Waals surface area contributed by atoms with Crippen LogP contribution in [0.5, 0.6) is 0 Å². The van der Waals surface area contributed by atoms with Gasteiger partial charge in [0.25, 0.3) is 0 Å². The van der Waals surface area contributed by atoms with Gasteiger partial charge >= 0.3 is 0 Å². The van der Waals surface area contributed by atoms with Crippen molar-refractivity contribution >= 4 is 27.6 Å². The fourth-order valence-electron chi connectivity index (χ4n) is 2.34. The van der Waals surface area contributed by atoms with Gasteiger partial charge in [-0.15, -0.1) is 0 Å². The van der Waals surface area contributed by atoms with Crippen LogP contribution in [0.4, 0.5) is 5.69 Å². The molecule has 2 nitrogen and oxygen atoms in total. The Labute approximate surface area is 113 Å². The lowest BCUT2D eigenvalue weighted by atomic mass is 10.1. The van der Waals surface area contributed by atoms with Gasteiger partial charge in [0.05, 0.1) is 0 Å². The molecule has 2 aromatic carbocycles. The van der Waals surface area contributed by atoms with E-state index in [1.807, 2.05) is 18.2 Å². The molecule has 98 valence electrons. The first-order valence-corrected chi connectivity index (χ1v) is 6.89. The first-order valence-electron chi connectivity index (χ1n) is 6.89. The van der Waals surface area contributed by atoms with E-state index in [-0.39, 0.29) is 0 Å². The van der Waals surface area contributed by atoms with Crippen molar-refractivity contribution in [3.05, 3.63) is 42.5 Å². The van der Waals surface area contributed by atoms with Gasteiger partial charge in [0.15, 0.2) is 0 Å². The minimum Gasteiger partial charge on any atom is -0.456 e. The van der Waals surface area contributed by atoms with E-state index in [1.54, 1.807) is 0 Å². The van der Waals surface area contributed by atoms with Crippen molar-refractivity contribution in [1.29, 1.82) is 0 Å². The average Bonchev–Trinajstić information content (AvgIpc) is 2.76. The van der Waals surface area contributed by atoms with Crippen LogP contribution in [0.25, 0.3) is 21.9 Å². The van der Waals surface area contributed by atoms with Gasteiger partial charge in [-0.1, -0.05) is 32.0 Å². The highest BCUT2D eigenvalue weighted by atomic mass is 16.3. The second-order valence-corrected chi connectivity index (χ2v) is 5.42. The van der Waals surface area contributed by atoms with Crippen molar-refractivity contribution in [3.8, 4) is 0 Å². The maximum atomic E-state index is 5.82. The number of hydrogen-bond donors (Lipinski definition) is 1. The number of para-hydroxylation sites is 1. The van der Waals surface area contributed by atoms with Crippen molar-refractivity contribution in [2.24, 2.45) is 5.92 Å². The second kappa shape index (κ2) is 4.96. The van der Waals surface area contributed by atoms with Gasteiger partial charge in [-0.3, -0.25) is 0 Å². The quantitative estimate of drug-likeness (QED) is 0.704. The molecular weight excluding hydrogens is 234 g/mol. The zero-order valence-electron chi connectivity index (χ0n) is 11.4. The summed E-state index contributed by atoms with van der Waals surface area (Å²) in [6.45, 7) is 5.50. The SMILES string of the molecule is CC(C)CCNc1ccc2oc3ccccc3c2c1. The Balaban J connectivity index is 1.93. The van der Waals surface area contributed by atoms with E-state index in [9.17, 15) is 0 Å². The van der Waals surface area contributed by atoms with Crippen LogP contribution >= 0.6 is 0 Å². The highest BCUT2D eigenvalue weighted by Gasteiger charge is 2.06. The van der Waals surface area contributed by atoms with Gasteiger partial charge in [0.2, 0.25) is 0 Å². The molecule has 0 spiro atoms. The summed E-state index contributed by atoms with van der Waals surface area (Å²) in [6.07, 6.45) is 1.18. The number of furan rings is 1. The number of rotatable bonds is 4. The lowest BCUT2D eigenvalue weighted by molar-refractivity contribution is 0.607. The lowest BCUT2D eigenvalue weighted by Crippen LogP contribution is -2.04. The molecule has 1 N–H and O–H groups in total. The predicted molar refractivity (Wildman–Crippen MR) is 81.7 cm³/mol. The van der Waals surface area contributed by atoms with Crippen LogP contribution in [0.1, 0.15) is 20.3 Å². The van der Waals surface area contributed by atoms with E-state index < -0.39 is 0 Å². The number of nitrogens with one attached hydrogen (secondary N) is 1. The normalized spacial score (nSPS) is 11.5. The molecule has 0 fully saturated rings. The van der Waals surface area contributed by atoms with Gasteiger partial charge in [-0.05, 0) is 36.6 Å². The van der Waals surface area contributed by atoms with Gasteiger partial charge < -0.3 is 9.73 Å². The van der Waals surface area contributed by atoms with Crippen LogP contribution in [0.3, 0.4) is 0 Å². The van der Waals surface area contributed by atoms with Gasteiger partial charge in [-0.25, -0.2) is 0 Å². The number of hydrogen-bond acceptors (Lipinski definition) is 2. The standard InChI is InChI=1S/C17H19NO/c1-12(2)9-10-18-13-7-8-17-15(11-13)14-5-3-4-6-16(14)19-17/h3-8,11-12,18H,9-10H2,1-2H3. The van der Waals surface area contributed by atoms with E-state index >= 15 is 0 Å². The molecule has 2 heteroatoms. The number of benzene rings is 2. The molecular formula is C17H19NO. The monoisotopic (exact) mass is 253 g/mol. The molecule has 0 aliphatic rings. The Kier molecular flexibility index (Phi) is 3.16. The Bertz CT molecular complexity index is 697. The first kappa shape index (κ1) is 12.1. The molecule has 1 aromatic heterocycles. The molecule has 0 amide bonds. The Morgan fingerprint density at radius 1 is 1.00 bits per heavy atom. The van der Waals surface area contributed by atoms with Crippen LogP contribution < -0.4 is 5.32 Å². The van der Waals surface area contributed by atoms with Crippen LogP contribution in [0.2, 0.25) is 0 Å². The Morgan fingerprint density at radius 2 is 1.79 bits per heavy atom. The molecule has 3 rings (SSSR count). The molecule has 0 saturated heterocycles. The summed E-state index contributed by atoms with van der Waals surface area (Å²) in [5.41, 5.74) is 3.08. The maximum Gasteiger partial charge on any atom is 0.135 e. The number of fused-ring (bicyclic) bond motifs is 3. The van der Waals surface area contributed by atoms with E-state index in [1.165, 1.54) is 22.9 Å². The third-order valence-electron chi connectivity index (χ3n) is 3.43. The van der Waals surface area contributed by atoms with E-state index in [0.29, 0.717) is 0 Å². The van der Waals surface area contributed by atoms with E-state index in [4.69, 9.17) is 4.42 Å². The summed E-state index contributed by atoms with van der Waals surface area (Å²) in [6, 6.07) is 14.5. The third-order valence-corrected chi connectivity index (χ3v) is 3.43. The van der Waals surface area contributed by atoms with Gasteiger partial charge in [0.1, 0.15) is 11.2 Å². The fourth-order valence-corrected chi connectivity index (χ4v) is 2.34. The largest absolute Gasteiger partial charge is 0.456 e. The summed E-state index contributed by atoms with van der Waals surface area (Å²) >= 11 is 0.